The van der Waals surface area contributed by atoms with E-state index >= 15 is 0 Å². The highest BCUT2D eigenvalue weighted by Crippen LogP contribution is 2.22. The van der Waals surface area contributed by atoms with Gasteiger partial charge in [-0.25, -0.2) is 5.43 Å². The van der Waals surface area contributed by atoms with Crippen LogP contribution in [-0.4, -0.2) is 0 Å². The third-order valence-corrected chi connectivity index (χ3v) is 2.57. The molecule has 0 fully saturated rings. The largest absolute Gasteiger partial charge is 0.271 e. The Morgan fingerprint density at radius 1 is 1.73 bits per heavy atom. The molecule has 1 unspecified atom stereocenters. The summed E-state index contributed by atoms with van der Waals surface area (Å²) < 4.78 is 0. The van der Waals surface area contributed by atoms with Crippen molar-refractivity contribution in [1.82, 2.24) is 5.43 Å². The van der Waals surface area contributed by atoms with E-state index in [1.165, 1.54) is 9.75 Å². The van der Waals surface area contributed by atoms with E-state index in [2.05, 4.69) is 31.1 Å². The maximum atomic E-state index is 5.31. The van der Waals surface area contributed by atoms with Gasteiger partial charge in [-0.15, -0.1) is 17.9 Å². The molecule has 11 heavy (non-hydrogen) atoms. The van der Waals surface area contributed by atoms with Crippen LogP contribution in [-0.2, 0) is 0 Å². The van der Waals surface area contributed by atoms with Crippen LogP contribution in [0.5, 0.6) is 0 Å². The van der Waals surface area contributed by atoms with Crippen molar-refractivity contribution in [3.63, 3.8) is 0 Å². The van der Waals surface area contributed by atoms with Crippen LogP contribution >= 0.6 is 11.3 Å². The Balaban J connectivity index is 2.81. The Labute approximate surface area is 70.7 Å². The standard InChI is InChI=1S/C8H12N2S/c1-3-7(10-9)8-5-4-6(2)11-8/h3-5,7,10H,1,9H2,2H3. The second kappa shape index (κ2) is 3.67. The summed E-state index contributed by atoms with van der Waals surface area (Å²) in [6.07, 6.45) is 1.80. The van der Waals surface area contributed by atoms with Gasteiger partial charge in [-0.1, -0.05) is 6.08 Å². The summed E-state index contributed by atoms with van der Waals surface area (Å²) in [6.45, 7) is 5.76. The van der Waals surface area contributed by atoms with Crippen LogP contribution in [0.4, 0.5) is 0 Å². The lowest BCUT2D eigenvalue weighted by molar-refractivity contribution is 0.667. The molecule has 1 rings (SSSR count). The van der Waals surface area contributed by atoms with Crippen LogP contribution in [0.15, 0.2) is 24.8 Å². The van der Waals surface area contributed by atoms with Gasteiger partial charge >= 0.3 is 0 Å². The average Bonchev–Trinajstić information content (AvgIpc) is 2.39. The predicted octanol–water partition coefficient (Wildman–Crippen LogP) is 1.75. The van der Waals surface area contributed by atoms with Gasteiger partial charge < -0.3 is 0 Å². The molecule has 1 atom stereocenters. The molecule has 1 aromatic rings. The lowest BCUT2D eigenvalue weighted by atomic mass is 10.2. The molecular weight excluding hydrogens is 156 g/mol. The fourth-order valence-corrected chi connectivity index (χ4v) is 1.82. The van der Waals surface area contributed by atoms with Gasteiger partial charge in [-0.05, 0) is 19.1 Å². The first-order chi connectivity index (χ1) is 5.27. The van der Waals surface area contributed by atoms with Crippen LogP contribution in [0, 0.1) is 6.92 Å². The van der Waals surface area contributed by atoms with E-state index in [0.717, 1.165) is 0 Å². The smallest absolute Gasteiger partial charge is 0.0730 e. The van der Waals surface area contributed by atoms with Gasteiger partial charge in [0.1, 0.15) is 0 Å². The van der Waals surface area contributed by atoms with Crippen molar-refractivity contribution in [3.8, 4) is 0 Å². The molecule has 60 valence electrons. The summed E-state index contributed by atoms with van der Waals surface area (Å²) >= 11 is 1.73. The number of hydrazine groups is 1. The maximum Gasteiger partial charge on any atom is 0.0730 e. The molecule has 0 radical (unpaired) electrons. The van der Waals surface area contributed by atoms with Crippen molar-refractivity contribution in [2.45, 2.75) is 13.0 Å². The molecule has 1 aromatic heterocycles. The van der Waals surface area contributed by atoms with Gasteiger partial charge in [-0.2, -0.15) is 0 Å². The molecule has 0 aliphatic carbocycles. The van der Waals surface area contributed by atoms with Gasteiger partial charge in [0, 0.05) is 9.75 Å². The lowest BCUT2D eigenvalue weighted by Crippen LogP contribution is -2.25. The molecule has 0 aliphatic rings. The Kier molecular flexibility index (Phi) is 2.82. The molecule has 0 saturated carbocycles. The number of nitrogens with one attached hydrogen (secondary N) is 1. The minimum Gasteiger partial charge on any atom is -0.271 e. The summed E-state index contributed by atoms with van der Waals surface area (Å²) in [7, 11) is 0. The first-order valence-electron chi connectivity index (χ1n) is 3.43. The van der Waals surface area contributed by atoms with Crippen LogP contribution in [0.25, 0.3) is 0 Å². The first-order valence-corrected chi connectivity index (χ1v) is 4.24. The molecule has 3 N–H and O–H groups in total. The summed E-state index contributed by atoms with van der Waals surface area (Å²) in [5.41, 5.74) is 2.67. The summed E-state index contributed by atoms with van der Waals surface area (Å²) in [5, 5.41) is 0. The Hall–Kier alpha value is -0.640. The summed E-state index contributed by atoms with van der Waals surface area (Å²) in [4.78, 5) is 2.50. The van der Waals surface area contributed by atoms with Crippen LogP contribution in [0.2, 0.25) is 0 Å². The zero-order valence-electron chi connectivity index (χ0n) is 6.50. The lowest BCUT2D eigenvalue weighted by Gasteiger charge is -2.06. The minimum atomic E-state index is 0.0914. The van der Waals surface area contributed by atoms with Crippen LogP contribution in [0.1, 0.15) is 15.8 Å². The number of hydrogen-bond donors (Lipinski definition) is 2. The van der Waals surface area contributed by atoms with Crippen molar-refractivity contribution in [1.29, 1.82) is 0 Å². The first kappa shape index (κ1) is 8.46. The molecule has 0 bridgehead atoms. The predicted molar refractivity (Wildman–Crippen MR) is 49.3 cm³/mol. The van der Waals surface area contributed by atoms with E-state index in [9.17, 15) is 0 Å². The van der Waals surface area contributed by atoms with E-state index in [4.69, 9.17) is 5.84 Å². The van der Waals surface area contributed by atoms with Gasteiger partial charge in [-0.3, -0.25) is 5.84 Å². The van der Waals surface area contributed by atoms with Crippen molar-refractivity contribution in [2.75, 3.05) is 0 Å². The van der Waals surface area contributed by atoms with E-state index in [1.807, 2.05) is 0 Å². The summed E-state index contributed by atoms with van der Waals surface area (Å²) in [6, 6.07) is 4.23. The van der Waals surface area contributed by atoms with Gasteiger partial charge in [0.15, 0.2) is 0 Å². The van der Waals surface area contributed by atoms with Gasteiger partial charge in [0.2, 0.25) is 0 Å². The zero-order chi connectivity index (χ0) is 8.27. The van der Waals surface area contributed by atoms with Crippen LogP contribution in [0.3, 0.4) is 0 Å². The van der Waals surface area contributed by atoms with Crippen molar-refractivity contribution < 1.29 is 0 Å². The molecule has 0 saturated heterocycles. The summed E-state index contributed by atoms with van der Waals surface area (Å²) in [5.74, 6) is 5.31. The van der Waals surface area contributed by atoms with Crippen molar-refractivity contribution in [3.05, 3.63) is 34.5 Å². The van der Waals surface area contributed by atoms with E-state index in [-0.39, 0.29) is 6.04 Å². The number of aryl methyl sites for hydroxylation is 1. The Morgan fingerprint density at radius 2 is 2.45 bits per heavy atom. The number of thiophene rings is 1. The van der Waals surface area contributed by atoms with E-state index < -0.39 is 0 Å². The fourth-order valence-electron chi connectivity index (χ4n) is 0.887. The second-order valence-corrected chi connectivity index (χ2v) is 3.65. The number of rotatable bonds is 3. The maximum absolute atomic E-state index is 5.31. The Bertz CT molecular complexity index is 242. The Morgan fingerprint density at radius 3 is 2.82 bits per heavy atom. The SMILES string of the molecule is C=CC(NN)c1ccc(C)s1. The number of nitrogens with two attached hydrogens (primary N) is 1. The molecule has 1 heterocycles. The fraction of sp³-hybridized carbons (Fsp3) is 0.250. The van der Waals surface area contributed by atoms with E-state index in [0.29, 0.717) is 0 Å². The third-order valence-electron chi connectivity index (χ3n) is 1.48. The van der Waals surface area contributed by atoms with Gasteiger partial charge in [0.05, 0.1) is 6.04 Å². The number of hydrogen-bond acceptors (Lipinski definition) is 3. The molecule has 0 aromatic carbocycles. The van der Waals surface area contributed by atoms with Crippen molar-refractivity contribution in [2.24, 2.45) is 5.84 Å². The minimum absolute atomic E-state index is 0.0914. The van der Waals surface area contributed by atoms with E-state index in [1.54, 1.807) is 17.4 Å². The topological polar surface area (TPSA) is 38.0 Å². The highest BCUT2D eigenvalue weighted by Gasteiger charge is 2.05. The van der Waals surface area contributed by atoms with Gasteiger partial charge in [0.25, 0.3) is 0 Å². The average molecular weight is 168 g/mol. The normalized spacial score (nSPS) is 12.9. The third kappa shape index (κ3) is 1.89. The van der Waals surface area contributed by atoms with Crippen LogP contribution < -0.4 is 11.3 Å². The second-order valence-electron chi connectivity index (χ2n) is 2.33. The molecule has 3 heteroatoms. The monoisotopic (exact) mass is 168 g/mol. The molecular formula is C8H12N2S. The molecule has 0 aliphatic heterocycles. The highest BCUT2D eigenvalue weighted by molar-refractivity contribution is 7.12. The highest BCUT2D eigenvalue weighted by atomic mass is 32.1. The quantitative estimate of drug-likeness (QED) is 0.410. The van der Waals surface area contributed by atoms with Crippen molar-refractivity contribution >= 4 is 11.3 Å². The molecule has 0 spiro atoms. The zero-order valence-corrected chi connectivity index (χ0v) is 7.32. The molecule has 2 nitrogen and oxygen atoms in total. The molecule has 0 amide bonds.